The Morgan fingerprint density at radius 1 is 0.679 bits per heavy atom. The summed E-state index contributed by atoms with van der Waals surface area (Å²) in [6.45, 7) is 8.39. The third-order valence-electron chi connectivity index (χ3n) is 4.40. The van der Waals surface area contributed by atoms with Crippen molar-refractivity contribution in [1.82, 2.24) is 0 Å². The van der Waals surface area contributed by atoms with E-state index in [1.54, 1.807) is 0 Å². The molecule has 3 rings (SSSR count). The maximum atomic E-state index is 6.19. The molecule has 0 fully saturated rings. The van der Waals surface area contributed by atoms with Gasteiger partial charge in [0.05, 0.1) is 13.2 Å². The third-order valence-corrected chi connectivity index (χ3v) is 5.31. The van der Waals surface area contributed by atoms with Crippen LogP contribution in [-0.4, -0.2) is 0 Å². The summed E-state index contributed by atoms with van der Waals surface area (Å²) in [4.78, 5) is 0. The fourth-order valence-corrected chi connectivity index (χ4v) is 3.19. The van der Waals surface area contributed by atoms with Gasteiger partial charge in [0.15, 0.2) is 0 Å². The van der Waals surface area contributed by atoms with Gasteiger partial charge in [0.2, 0.25) is 0 Å². The lowest BCUT2D eigenvalue weighted by Gasteiger charge is -2.28. The zero-order valence-corrected chi connectivity index (χ0v) is 17.3. The van der Waals surface area contributed by atoms with Crippen molar-refractivity contribution in [2.45, 2.75) is 17.9 Å². The van der Waals surface area contributed by atoms with Crippen LogP contribution in [-0.2, 0) is 27.4 Å². The largest absolute Gasteiger partial charge is 0.332 e. The maximum Gasteiger partial charge on any atom is 0.254 e. The Morgan fingerprint density at radius 2 is 1.11 bits per heavy atom. The summed E-state index contributed by atoms with van der Waals surface area (Å²) in [6, 6.07) is 26.1. The van der Waals surface area contributed by atoms with E-state index in [0.717, 1.165) is 27.8 Å². The molecule has 0 atom stereocenters. The summed E-state index contributed by atoms with van der Waals surface area (Å²) >= 11 is 3.69. The molecule has 2 nitrogen and oxygen atoms in total. The molecule has 0 aliphatic heterocycles. The summed E-state index contributed by atoms with van der Waals surface area (Å²) in [5, 5.41) is 0. The molecular formula is C25H23BrO2. The van der Waals surface area contributed by atoms with Crippen LogP contribution in [0.4, 0.5) is 0 Å². The molecule has 0 aliphatic rings. The molecule has 3 aromatic rings. The highest BCUT2D eigenvalue weighted by Gasteiger charge is 2.31. The fraction of sp³-hybridized carbons (Fsp3) is 0.120. The van der Waals surface area contributed by atoms with Crippen molar-refractivity contribution < 1.29 is 9.47 Å². The summed E-state index contributed by atoms with van der Waals surface area (Å²) in [5.41, 5.74) is 5.18. The van der Waals surface area contributed by atoms with Crippen LogP contribution in [0.1, 0.15) is 27.8 Å². The average Bonchev–Trinajstić information content (AvgIpc) is 2.77. The average molecular weight is 435 g/mol. The summed E-state index contributed by atoms with van der Waals surface area (Å²) in [5.74, 6) is 0. The van der Waals surface area contributed by atoms with Gasteiger partial charge in [-0.05, 0) is 38.2 Å². The zero-order chi connectivity index (χ0) is 19.8. The van der Waals surface area contributed by atoms with Crippen LogP contribution >= 0.6 is 15.9 Å². The molecule has 3 heteroatoms. The first-order valence-corrected chi connectivity index (χ1v) is 9.87. The molecule has 0 aromatic heterocycles. The second-order valence-corrected chi connectivity index (χ2v) is 7.42. The second-order valence-electron chi connectivity index (χ2n) is 6.37. The lowest BCUT2D eigenvalue weighted by molar-refractivity contribution is -0.186. The van der Waals surface area contributed by atoms with E-state index < -0.39 is 4.70 Å². The first-order chi connectivity index (χ1) is 13.6. The minimum Gasteiger partial charge on any atom is -0.332 e. The molecule has 0 saturated heterocycles. The van der Waals surface area contributed by atoms with E-state index in [4.69, 9.17) is 9.47 Å². The Hall–Kier alpha value is -2.46. The summed E-state index contributed by atoms with van der Waals surface area (Å²) in [7, 11) is 0. The van der Waals surface area contributed by atoms with Gasteiger partial charge >= 0.3 is 0 Å². The number of hydrogen-bond donors (Lipinski definition) is 0. The van der Waals surface area contributed by atoms with Gasteiger partial charge in [0.1, 0.15) is 0 Å². The predicted octanol–water partition coefficient (Wildman–Crippen LogP) is 6.91. The Bertz CT molecular complexity index is 844. The van der Waals surface area contributed by atoms with E-state index in [1.165, 1.54) is 0 Å². The highest BCUT2D eigenvalue weighted by molar-refractivity contribution is 9.09. The van der Waals surface area contributed by atoms with Gasteiger partial charge in [-0.25, -0.2) is 0 Å². The lowest BCUT2D eigenvalue weighted by Crippen LogP contribution is -2.26. The summed E-state index contributed by atoms with van der Waals surface area (Å²) in [6.07, 6.45) is 3.65. The third kappa shape index (κ3) is 5.29. The molecule has 28 heavy (non-hydrogen) atoms. The molecule has 0 saturated carbocycles. The number of rotatable bonds is 9. The van der Waals surface area contributed by atoms with Crippen LogP contribution in [0.2, 0.25) is 0 Å². The van der Waals surface area contributed by atoms with E-state index >= 15 is 0 Å². The Kier molecular flexibility index (Phi) is 6.99. The first kappa shape index (κ1) is 20.3. The van der Waals surface area contributed by atoms with E-state index in [9.17, 15) is 0 Å². The van der Waals surface area contributed by atoms with E-state index in [-0.39, 0.29) is 0 Å². The minimum atomic E-state index is -1.04. The molecular weight excluding hydrogens is 412 g/mol. The molecule has 0 aliphatic carbocycles. The van der Waals surface area contributed by atoms with Crippen LogP contribution in [0.25, 0.3) is 12.2 Å². The molecule has 0 amide bonds. The lowest BCUT2D eigenvalue weighted by atomic mass is 10.1. The van der Waals surface area contributed by atoms with Crippen molar-refractivity contribution in [2.24, 2.45) is 0 Å². The van der Waals surface area contributed by atoms with Crippen molar-refractivity contribution in [3.05, 3.63) is 120 Å². The van der Waals surface area contributed by atoms with Crippen molar-refractivity contribution in [2.75, 3.05) is 0 Å². The van der Waals surface area contributed by atoms with Crippen molar-refractivity contribution in [3.63, 3.8) is 0 Å². The number of hydrogen-bond acceptors (Lipinski definition) is 2. The Balaban J connectivity index is 1.74. The monoisotopic (exact) mass is 434 g/mol. The highest BCUT2D eigenvalue weighted by Crippen LogP contribution is 2.36. The first-order valence-electron chi connectivity index (χ1n) is 9.08. The summed E-state index contributed by atoms with van der Waals surface area (Å²) < 4.78 is 11.3. The van der Waals surface area contributed by atoms with E-state index in [1.807, 2.05) is 91.0 Å². The second kappa shape index (κ2) is 9.65. The van der Waals surface area contributed by atoms with Gasteiger partial charge in [-0.2, -0.15) is 0 Å². The highest BCUT2D eigenvalue weighted by atomic mass is 79.9. The topological polar surface area (TPSA) is 18.5 Å². The van der Waals surface area contributed by atoms with Crippen molar-refractivity contribution in [3.8, 4) is 0 Å². The van der Waals surface area contributed by atoms with Gasteiger partial charge in [-0.3, -0.25) is 0 Å². The number of halogens is 1. The standard InChI is InChI=1S/C25H23BrO2/c1-3-20-10-14-22(15-11-20)18-27-25(26,24-8-6-5-7-9-24)28-19-23-16-12-21(4-2)13-17-23/h3-17H,1-2,18-19H2. The van der Waals surface area contributed by atoms with E-state index in [2.05, 4.69) is 29.1 Å². The molecule has 3 aromatic carbocycles. The fourth-order valence-electron chi connectivity index (χ4n) is 2.70. The van der Waals surface area contributed by atoms with Crippen LogP contribution in [0.5, 0.6) is 0 Å². The zero-order valence-electron chi connectivity index (χ0n) is 15.7. The molecule has 0 N–H and O–H groups in total. The predicted molar refractivity (Wildman–Crippen MR) is 120 cm³/mol. The molecule has 0 radical (unpaired) electrons. The molecule has 0 bridgehead atoms. The van der Waals surface area contributed by atoms with Gasteiger partial charge in [0, 0.05) is 5.56 Å². The van der Waals surface area contributed by atoms with Crippen LogP contribution < -0.4 is 0 Å². The minimum absolute atomic E-state index is 0.410. The SMILES string of the molecule is C=Cc1ccc(COC(Br)(OCc2ccc(C=C)cc2)c2ccccc2)cc1. The quantitative estimate of drug-likeness (QED) is 0.269. The van der Waals surface area contributed by atoms with Gasteiger partial charge < -0.3 is 9.47 Å². The number of alkyl halides is 1. The normalized spacial score (nSPS) is 11.2. The Morgan fingerprint density at radius 3 is 1.50 bits per heavy atom. The van der Waals surface area contributed by atoms with Crippen LogP contribution in [0.15, 0.2) is 92.0 Å². The van der Waals surface area contributed by atoms with Crippen molar-refractivity contribution >= 4 is 28.1 Å². The number of ether oxygens (including phenoxy) is 2. The van der Waals surface area contributed by atoms with Gasteiger partial charge in [0.25, 0.3) is 4.70 Å². The molecule has 142 valence electrons. The van der Waals surface area contributed by atoms with Crippen LogP contribution in [0, 0.1) is 0 Å². The van der Waals surface area contributed by atoms with Gasteiger partial charge in [-0.1, -0.05) is 104 Å². The van der Waals surface area contributed by atoms with Gasteiger partial charge in [-0.15, -0.1) is 0 Å². The molecule has 0 unspecified atom stereocenters. The van der Waals surface area contributed by atoms with Crippen LogP contribution in [0.3, 0.4) is 0 Å². The Labute approximate surface area is 175 Å². The number of benzene rings is 3. The molecule has 0 heterocycles. The molecule has 0 spiro atoms. The van der Waals surface area contributed by atoms with Crippen molar-refractivity contribution in [1.29, 1.82) is 0 Å². The smallest absolute Gasteiger partial charge is 0.254 e. The van der Waals surface area contributed by atoms with E-state index in [0.29, 0.717) is 13.2 Å². The maximum absolute atomic E-state index is 6.19.